The third-order valence-electron chi connectivity index (χ3n) is 4.86. The summed E-state index contributed by atoms with van der Waals surface area (Å²) in [6, 6.07) is 7.22. The average molecular weight is 573 g/mol. The summed E-state index contributed by atoms with van der Waals surface area (Å²) in [6.45, 7) is 5.04. The highest BCUT2D eigenvalue weighted by Crippen LogP contribution is 2.35. The molecule has 1 N–H and O–H groups in total. The predicted octanol–water partition coefficient (Wildman–Crippen LogP) is 5.97. The summed E-state index contributed by atoms with van der Waals surface area (Å²) in [5.41, 5.74) is -3.88. The molecule has 1 aromatic carbocycles. The van der Waals surface area contributed by atoms with E-state index in [0.29, 0.717) is 21.5 Å². The van der Waals surface area contributed by atoms with Crippen LogP contribution >= 0.6 is 11.3 Å². The topological polar surface area (TPSA) is 76.4 Å². The Balaban J connectivity index is 1.79. The average Bonchev–Trinajstić information content (AvgIpc) is 3.42. The third kappa shape index (κ3) is 6.01. The number of nitrogens with zero attached hydrogens (tertiary/aromatic N) is 3. The number of aromatic nitrogens is 3. The van der Waals surface area contributed by atoms with E-state index in [1.807, 2.05) is 0 Å². The van der Waals surface area contributed by atoms with Gasteiger partial charge in [0.05, 0.1) is 27.9 Å². The first-order valence-electron chi connectivity index (χ1n) is 10.7. The van der Waals surface area contributed by atoms with Crippen LogP contribution in [0.5, 0.6) is 0 Å². The van der Waals surface area contributed by atoms with E-state index in [4.69, 9.17) is 0 Å². The summed E-state index contributed by atoms with van der Waals surface area (Å²) in [6.07, 6.45) is -8.55. The molecule has 0 aliphatic carbocycles. The molecule has 0 unspecified atom stereocenters. The van der Waals surface area contributed by atoms with Crippen molar-refractivity contribution in [3.8, 4) is 23.1 Å². The van der Waals surface area contributed by atoms with Crippen molar-refractivity contribution in [2.24, 2.45) is 0 Å². The van der Waals surface area contributed by atoms with Crippen LogP contribution < -0.4 is 4.72 Å². The van der Waals surface area contributed by atoms with E-state index in [-0.39, 0.29) is 26.7 Å². The van der Waals surface area contributed by atoms with E-state index in [2.05, 4.69) is 26.6 Å². The molecule has 4 aromatic rings. The molecule has 0 saturated carbocycles. The summed E-state index contributed by atoms with van der Waals surface area (Å²) >= 11 is 0.861. The van der Waals surface area contributed by atoms with Gasteiger partial charge in [-0.1, -0.05) is 24.0 Å². The van der Waals surface area contributed by atoms with Gasteiger partial charge in [0.15, 0.2) is 11.3 Å². The van der Waals surface area contributed by atoms with Crippen molar-refractivity contribution in [1.29, 1.82) is 0 Å². The van der Waals surface area contributed by atoms with Gasteiger partial charge < -0.3 is 0 Å². The molecule has 0 saturated heterocycles. The maximum absolute atomic E-state index is 13.8. The van der Waals surface area contributed by atoms with Gasteiger partial charge in [0.25, 0.3) is 10.0 Å². The zero-order valence-electron chi connectivity index (χ0n) is 19.9. The maximum Gasteiger partial charge on any atom is 0.433 e. The number of thiophene rings is 1. The van der Waals surface area contributed by atoms with Crippen LogP contribution in [0.3, 0.4) is 0 Å². The molecular formula is C24H18F6N4O2S2. The number of alkyl halides is 6. The second-order valence-corrected chi connectivity index (χ2v) is 12.1. The minimum atomic E-state index is -4.90. The zero-order valence-corrected chi connectivity index (χ0v) is 21.5. The quantitative estimate of drug-likeness (QED) is 0.242. The summed E-state index contributed by atoms with van der Waals surface area (Å²) in [7, 11) is -3.81. The van der Waals surface area contributed by atoms with Crippen LogP contribution in [0.15, 0.2) is 52.9 Å². The Bertz CT molecular complexity index is 1680. The lowest BCUT2D eigenvalue weighted by atomic mass is 10.1. The molecule has 0 atom stereocenters. The van der Waals surface area contributed by atoms with Crippen molar-refractivity contribution in [2.75, 3.05) is 0 Å². The van der Waals surface area contributed by atoms with Gasteiger partial charge in [-0.25, -0.2) is 22.6 Å². The van der Waals surface area contributed by atoms with Crippen LogP contribution in [0.25, 0.3) is 16.9 Å². The molecule has 0 bridgehead atoms. The largest absolute Gasteiger partial charge is 0.433 e. The van der Waals surface area contributed by atoms with Crippen molar-refractivity contribution in [3.05, 3.63) is 70.4 Å². The number of hydrogen-bond acceptors (Lipinski definition) is 5. The van der Waals surface area contributed by atoms with E-state index in [0.717, 1.165) is 29.7 Å². The van der Waals surface area contributed by atoms with Crippen LogP contribution in [0.4, 0.5) is 26.3 Å². The van der Waals surface area contributed by atoms with Crippen LogP contribution in [0.1, 0.15) is 42.5 Å². The Morgan fingerprint density at radius 3 is 2.29 bits per heavy atom. The van der Waals surface area contributed by atoms with E-state index >= 15 is 0 Å². The van der Waals surface area contributed by atoms with E-state index in [1.165, 1.54) is 18.2 Å². The highest BCUT2D eigenvalue weighted by atomic mass is 32.2. The van der Waals surface area contributed by atoms with Crippen molar-refractivity contribution in [1.82, 2.24) is 19.3 Å². The number of nitrogens with one attached hydrogen (secondary N) is 1. The molecule has 0 amide bonds. The lowest BCUT2D eigenvalue weighted by Gasteiger charge is -2.19. The number of hydrogen-bond donors (Lipinski definition) is 1. The molecule has 3 aromatic heterocycles. The first-order valence-corrected chi connectivity index (χ1v) is 13.0. The highest BCUT2D eigenvalue weighted by molar-refractivity contribution is 7.91. The molecule has 38 heavy (non-hydrogen) atoms. The van der Waals surface area contributed by atoms with Crippen molar-refractivity contribution in [2.45, 2.75) is 42.9 Å². The number of sulfonamides is 1. The molecule has 0 fully saturated rings. The van der Waals surface area contributed by atoms with Gasteiger partial charge in [-0.3, -0.25) is 0 Å². The van der Waals surface area contributed by atoms with Gasteiger partial charge in [-0.15, -0.1) is 11.3 Å². The first kappa shape index (κ1) is 27.6. The van der Waals surface area contributed by atoms with Gasteiger partial charge in [0.1, 0.15) is 4.21 Å². The lowest BCUT2D eigenvalue weighted by Crippen LogP contribution is -2.40. The van der Waals surface area contributed by atoms with E-state index in [9.17, 15) is 34.8 Å². The summed E-state index contributed by atoms with van der Waals surface area (Å²) in [5.74, 6) is 5.34. The van der Waals surface area contributed by atoms with Gasteiger partial charge in [0.2, 0.25) is 0 Å². The summed E-state index contributed by atoms with van der Waals surface area (Å²) < 4.78 is 109. The molecule has 0 radical (unpaired) electrons. The molecule has 3 heterocycles. The standard InChI is InChI=1S/C24H18F6N4O2S2/c1-22(2,3)33-38(35,36)20-10-9-17(37-20)8-7-15-13-31-34-19(24(28,29)30)12-18(32-21(15)34)14-5-4-6-16(11-14)23(25,26)27/h4-6,9-13,33H,1-3H3. The van der Waals surface area contributed by atoms with Gasteiger partial charge in [-0.2, -0.15) is 31.4 Å². The lowest BCUT2D eigenvalue weighted by molar-refractivity contribution is -0.142. The summed E-state index contributed by atoms with van der Waals surface area (Å²) in [4.78, 5) is 4.44. The molecule has 4 rings (SSSR count). The van der Waals surface area contributed by atoms with Gasteiger partial charge >= 0.3 is 12.4 Å². The SMILES string of the molecule is CC(C)(C)NS(=O)(=O)c1ccc(C#Cc2cnn3c(C(F)(F)F)cc(-c4cccc(C(F)(F)F)c4)nc23)s1. The molecule has 0 spiro atoms. The molecule has 200 valence electrons. The number of fused-ring (bicyclic) bond motifs is 1. The molecule has 0 aliphatic heterocycles. The Morgan fingerprint density at radius 1 is 0.947 bits per heavy atom. The third-order valence-corrected chi connectivity index (χ3v) is 8.11. The van der Waals surface area contributed by atoms with E-state index < -0.39 is 39.2 Å². The molecule has 14 heteroatoms. The van der Waals surface area contributed by atoms with E-state index in [1.54, 1.807) is 20.8 Å². The minimum absolute atomic E-state index is 0.000838. The Hall–Kier alpha value is -3.41. The normalized spacial score (nSPS) is 13.0. The van der Waals surface area contributed by atoms with Crippen LogP contribution in [-0.2, 0) is 22.4 Å². The Kier molecular flexibility index (Phi) is 6.84. The highest BCUT2D eigenvalue weighted by Gasteiger charge is 2.36. The van der Waals surface area contributed by atoms with Crippen LogP contribution in [-0.4, -0.2) is 28.6 Å². The number of rotatable bonds is 3. The van der Waals surface area contributed by atoms with Crippen molar-refractivity contribution < 1.29 is 34.8 Å². The Morgan fingerprint density at radius 2 is 1.66 bits per heavy atom. The van der Waals surface area contributed by atoms with Crippen molar-refractivity contribution in [3.63, 3.8) is 0 Å². The Labute approximate surface area is 217 Å². The number of benzene rings is 1. The fourth-order valence-corrected chi connectivity index (χ4v) is 5.95. The molecule has 0 aliphatic rings. The monoisotopic (exact) mass is 572 g/mol. The minimum Gasteiger partial charge on any atom is -0.227 e. The maximum atomic E-state index is 13.8. The first-order chi connectivity index (χ1) is 17.4. The fourth-order valence-electron chi connectivity index (χ4n) is 3.37. The second kappa shape index (κ2) is 9.40. The summed E-state index contributed by atoms with van der Waals surface area (Å²) in [5, 5.41) is 3.72. The molecular weight excluding hydrogens is 554 g/mol. The second-order valence-electron chi connectivity index (χ2n) is 9.12. The van der Waals surface area contributed by atoms with Crippen LogP contribution in [0.2, 0.25) is 0 Å². The fraction of sp³-hybridized carbons (Fsp3) is 0.250. The smallest absolute Gasteiger partial charge is 0.227 e. The molecule has 6 nitrogen and oxygen atoms in total. The van der Waals surface area contributed by atoms with Gasteiger partial charge in [-0.05, 0) is 51.1 Å². The predicted molar refractivity (Wildman–Crippen MR) is 129 cm³/mol. The number of halogens is 6. The van der Waals surface area contributed by atoms with Crippen molar-refractivity contribution >= 4 is 27.0 Å². The van der Waals surface area contributed by atoms with Gasteiger partial charge in [0, 0.05) is 11.1 Å². The zero-order chi connectivity index (χ0) is 28.1. The van der Waals surface area contributed by atoms with Crippen LogP contribution in [0, 0.1) is 11.8 Å².